The van der Waals surface area contributed by atoms with Crippen LogP contribution in [-0.2, 0) is 9.53 Å². The van der Waals surface area contributed by atoms with E-state index in [9.17, 15) is 4.79 Å². The molecule has 2 aromatic rings. The maximum absolute atomic E-state index is 11.3. The number of nitrogens with zero attached hydrogens (tertiary/aromatic N) is 2. The van der Waals surface area contributed by atoms with E-state index in [0.717, 1.165) is 61.6 Å². The van der Waals surface area contributed by atoms with Crippen LogP contribution in [0.5, 0.6) is 11.5 Å². The summed E-state index contributed by atoms with van der Waals surface area (Å²) in [6.07, 6.45) is 8.62. The van der Waals surface area contributed by atoms with Crippen molar-refractivity contribution in [3.05, 3.63) is 60.7 Å². The fourth-order valence-electron chi connectivity index (χ4n) is 3.09. The molecule has 0 fully saturated rings. The molecule has 0 aliphatic rings. The fourth-order valence-corrected chi connectivity index (χ4v) is 3.09. The molecule has 6 nitrogen and oxygen atoms in total. The molecule has 0 radical (unpaired) electrons. The minimum absolute atomic E-state index is 0.317. The van der Waals surface area contributed by atoms with Crippen molar-refractivity contribution in [2.45, 2.75) is 65.2 Å². The fraction of sp³-hybridized carbons (Fsp3) is 0.464. The monoisotopic (exact) mass is 466 g/mol. The molecule has 0 saturated heterocycles. The van der Waals surface area contributed by atoms with E-state index in [1.54, 1.807) is 6.92 Å². The number of rotatable bonds is 17. The molecule has 0 aliphatic heterocycles. The van der Waals surface area contributed by atoms with Crippen molar-refractivity contribution in [3.8, 4) is 11.5 Å². The first-order chi connectivity index (χ1) is 16.6. The Hall–Kier alpha value is -3.15. The molecule has 0 atom stereocenters. The van der Waals surface area contributed by atoms with Gasteiger partial charge in [-0.25, -0.2) is 4.79 Å². The number of benzene rings is 2. The minimum Gasteiger partial charge on any atom is -0.494 e. The van der Waals surface area contributed by atoms with Crippen LogP contribution in [0.25, 0.3) is 0 Å². The van der Waals surface area contributed by atoms with Gasteiger partial charge in [0.15, 0.2) is 0 Å². The van der Waals surface area contributed by atoms with Crippen LogP contribution in [0, 0.1) is 0 Å². The summed E-state index contributed by atoms with van der Waals surface area (Å²) < 4.78 is 16.6. The standard InChI is InChI=1S/C28H38N2O4/c1-4-5-6-9-20-32-26-16-12-24(13-17-26)29-30-25-14-18-27(19-15-25)33-21-10-7-8-11-22-34-28(31)23(2)3/h12-19H,2,4-11,20-22H2,1,3H3. The normalized spacial score (nSPS) is 10.9. The predicted octanol–water partition coefficient (Wildman–Crippen LogP) is 8.12. The summed E-state index contributed by atoms with van der Waals surface area (Å²) >= 11 is 0. The first kappa shape index (κ1) is 27.1. The summed E-state index contributed by atoms with van der Waals surface area (Å²) in [5, 5.41) is 8.58. The zero-order valence-electron chi connectivity index (χ0n) is 20.6. The van der Waals surface area contributed by atoms with Gasteiger partial charge in [0, 0.05) is 5.57 Å². The predicted molar refractivity (Wildman–Crippen MR) is 136 cm³/mol. The van der Waals surface area contributed by atoms with Crippen molar-refractivity contribution in [2.24, 2.45) is 10.2 Å². The molecule has 0 unspecified atom stereocenters. The lowest BCUT2D eigenvalue weighted by Crippen LogP contribution is -2.06. The molecule has 2 rings (SSSR count). The lowest BCUT2D eigenvalue weighted by Gasteiger charge is -2.07. The van der Waals surface area contributed by atoms with Crippen molar-refractivity contribution in [1.29, 1.82) is 0 Å². The Morgan fingerprint density at radius 2 is 1.15 bits per heavy atom. The molecule has 0 heterocycles. The van der Waals surface area contributed by atoms with Crippen molar-refractivity contribution in [3.63, 3.8) is 0 Å². The third-order valence-corrected chi connectivity index (χ3v) is 5.11. The average molecular weight is 467 g/mol. The highest BCUT2D eigenvalue weighted by Gasteiger charge is 2.02. The van der Waals surface area contributed by atoms with Gasteiger partial charge in [-0.3, -0.25) is 0 Å². The molecule has 0 amide bonds. The van der Waals surface area contributed by atoms with Gasteiger partial charge in [-0.1, -0.05) is 32.8 Å². The summed E-state index contributed by atoms with van der Waals surface area (Å²) in [7, 11) is 0. The van der Waals surface area contributed by atoms with Crippen LogP contribution in [0.3, 0.4) is 0 Å². The van der Waals surface area contributed by atoms with Gasteiger partial charge in [0.25, 0.3) is 0 Å². The molecule has 0 saturated carbocycles. The first-order valence-electron chi connectivity index (χ1n) is 12.3. The second kappa shape index (κ2) is 16.5. The molecule has 184 valence electrons. The summed E-state index contributed by atoms with van der Waals surface area (Å²) in [5.41, 5.74) is 1.99. The third-order valence-electron chi connectivity index (χ3n) is 5.11. The highest BCUT2D eigenvalue weighted by molar-refractivity contribution is 5.86. The Kier molecular flexibility index (Phi) is 13.1. The summed E-state index contributed by atoms with van der Waals surface area (Å²) in [5.74, 6) is 1.36. The molecule has 6 heteroatoms. The van der Waals surface area contributed by atoms with Crippen molar-refractivity contribution in [1.82, 2.24) is 0 Å². The SMILES string of the molecule is C=C(C)C(=O)OCCCCCCOc1ccc(N=Nc2ccc(OCCCCCC)cc2)cc1. The molecule has 0 spiro atoms. The van der Waals surface area contributed by atoms with E-state index in [1.807, 2.05) is 48.5 Å². The number of hydrogen-bond donors (Lipinski definition) is 0. The number of carbonyl (C=O) groups excluding carboxylic acids is 1. The number of hydrogen-bond acceptors (Lipinski definition) is 6. The lowest BCUT2D eigenvalue weighted by atomic mass is 10.2. The van der Waals surface area contributed by atoms with Gasteiger partial charge in [-0.05, 0) is 87.6 Å². The summed E-state index contributed by atoms with van der Waals surface area (Å²) in [4.78, 5) is 11.3. The maximum atomic E-state index is 11.3. The van der Waals surface area contributed by atoms with E-state index in [1.165, 1.54) is 19.3 Å². The maximum Gasteiger partial charge on any atom is 0.333 e. The zero-order valence-corrected chi connectivity index (χ0v) is 20.6. The number of carbonyl (C=O) groups is 1. The minimum atomic E-state index is -0.317. The quantitative estimate of drug-likeness (QED) is 0.102. The molecular weight excluding hydrogens is 428 g/mol. The lowest BCUT2D eigenvalue weighted by molar-refractivity contribution is -0.139. The van der Waals surface area contributed by atoms with Crippen molar-refractivity contribution in [2.75, 3.05) is 19.8 Å². The van der Waals surface area contributed by atoms with E-state index in [0.29, 0.717) is 18.8 Å². The topological polar surface area (TPSA) is 69.5 Å². The average Bonchev–Trinajstić information content (AvgIpc) is 2.85. The Bertz CT molecular complexity index is 876. The Morgan fingerprint density at radius 3 is 1.59 bits per heavy atom. The van der Waals surface area contributed by atoms with Crippen LogP contribution in [0.1, 0.15) is 65.2 Å². The van der Waals surface area contributed by atoms with E-state index in [2.05, 4.69) is 23.7 Å². The molecular formula is C28H38N2O4. The van der Waals surface area contributed by atoms with Crippen LogP contribution >= 0.6 is 0 Å². The van der Waals surface area contributed by atoms with Crippen molar-refractivity contribution < 1.29 is 19.0 Å². The van der Waals surface area contributed by atoms with Gasteiger partial charge in [0.2, 0.25) is 0 Å². The summed E-state index contributed by atoms with van der Waals surface area (Å²) in [6.45, 7) is 9.27. The molecule has 0 N–H and O–H groups in total. The number of azo groups is 1. The highest BCUT2D eigenvalue weighted by Crippen LogP contribution is 2.23. The number of ether oxygens (including phenoxy) is 3. The second-order valence-electron chi connectivity index (χ2n) is 8.28. The molecule has 0 aromatic heterocycles. The van der Waals surface area contributed by atoms with E-state index in [4.69, 9.17) is 14.2 Å². The number of unbranched alkanes of at least 4 members (excludes halogenated alkanes) is 6. The van der Waals surface area contributed by atoms with Gasteiger partial charge in [-0.2, -0.15) is 10.2 Å². The molecule has 2 aromatic carbocycles. The second-order valence-corrected chi connectivity index (χ2v) is 8.28. The Morgan fingerprint density at radius 1 is 0.706 bits per heavy atom. The molecule has 0 aliphatic carbocycles. The largest absolute Gasteiger partial charge is 0.494 e. The van der Waals surface area contributed by atoms with Gasteiger partial charge in [-0.15, -0.1) is 0 Å². The van der Waals surface area contributed by atoms with Crippen LogP contribution in [0.2, 0.25) is 0 Å². The number of esters is 1. The van der Waals surface area contributed by atoms with Crippen molar-refractivity contribution >= 4 is 17.3 Å². The van der Waals surface area contributed by atoms with E-state index >= 15 is 0 Å². The van der Waals surface area contributed by atoms with Gasteiger partial charge in [0.1, 0.15) is 11.5 Å². The highest BCUT2D eigenvalue weighted by atomic mass is 16.5. The van der Waals surface area contributed by atoms with Gasteiger partial charge < -0.3 is 14.2 Å². The third kappa shape index (κ3) is 11.6. The van der Waals surface area contributed by atoms with E-state index in [-0.39, 0.29) is 5.97 Å². The first-order valence-corrected chi connectivity index (χ1v) is 12.3. The molecule has 34 heavy (non-hydrogen) atoms. The van der Waals surface area contributed by atoms with Gasteiger partial charge in [0.05, 0.1) is 31.2 Å². The zero-order chi connectivity index (χ0) is 24.4. The van der Waals surface area contributed by atoms with Gasteiger partial charge >= 0.3 is 5.97 Å². The smallest absolute Gasteiger partial charge is 0.333 e. The van der Waals surface area contributed by atoms with Crippen LogP contribution in [-0.4, -0.2) is 25.8 Å². The van der Waals surface area contributed by atoms with E-state index < -0.39 is 0 Å². The summed E-state index contributed by atoms with van der Waals surface area (Å²) in [6, 6.07) is 15.3. The van der Waals surface area contributed by atoms with Crippen LogP contribution in [0.4, 0.5) is 11.4 Å². The van der Waals surface area contributed by atoms with Crippen LogP contribution in [0.15, 0.2) is 70.9 Å². The Labute approximate surface area is 204 Å². The van der Waals surface area contributed by atoms with Crippen LogP contribution < -0.4 is 9.47 Å². The molecule has 0 bridgehead atoms. The Balaban J connectivity index is 1.61.